The largest absolute Gasteiger partial charge is 0.457 e. The molecule has 1 heterocycles. The number of carbonyl (C=O) groups is 1. The summed E-state index contributed by atoms with van der Waals surface area (Å²) < 4.78 is 11.1. The van der Waals surface area contributed by atoms with Crippen molar-refractivity contribution in [2.45, 2.75) is 25.9 Å². The Balaban J connectivity index is 1.61. The van der Waals surface area contributed by atoms with Crippen molar-refractivity contribution >= 4 is 11.6 Å². The van der Waals surface area contributed by atoms with Crippen molar-refractivity contribution in [2.24, 2.45) is 0 Å². The van der Waals surface area contributed by atoms with Crippen LogP contribution < -0.4 is 10.1 Å². The van der Waals surface area contributed by atoms with Crippen molar-refractivity contribution in [2.75, 3.05) is 11.9 Å². The highest BCUT2D eigenvalue weighted by Crippen LogP contribution is 2.24. The van der Waals surface area contributed by atoms with Crippen LogP contribution in [0.4, 0.5) is 5.69 Å². The molecule has 1 saturated heterocycles. The average molecular weight is 297 g/mol. The van der Waals surface area contributed by atoms with Gasteiger partial charge in [-0.25, -0.2) is 0 Å². The lowest BCUT2D eigenvalue weighted by Crippen LogP contribution is -2.26. The Hall–Kier alpha value is -2.33. The van der Waals surface area contributed by atoms with Gasteiger partial charge in [0.2, 0.25) is 0 Å². The van der Waals surface area contributed by atoms with Gasteiger partial charge in [-0.1, -0.05) is 12.1 Å². The first-order valence-corrected chi connectivity index (χ1v) is 7.48. The second-order valence-electron chi connectivity index (χ2n) is 5.43. The number of anilines is 1. The number of rotatable bonds is 4. The summed E-state index contributed by atoms with van der Waals surface area (Å²) in [5.41, 5.74) is 1.90. The maximum absolute atomic E-state index is 12.0. The Kier molecular flexibility index (Phi) is 4.39. The van der Waals surface area contributed by atoms with E-state index in [9.17, 15) is 4.79 Å². The maximum atomic E-state index is 12.0. The zero-order chi connectivity index (χ0) is 15.4. The summed E-state index contributed by atoms with van der Waals surface area (Å²) in [6.07, 6.45) is 1.42. The average Bonchev–Trinajstić information content (AvgIpc) is 3.04. The van der Waals surface area contributed by atoms with Gasteiger partial charge in [0.15, 0.2) is 0 Å². The van der Waals surface area contributed by atoms with Crippen LogP contribution in [-0.4, -0.2) is 18.6 Å². The third-order valence-electron chi connectivity index (χ3n) is 3.57. The lowest BCUT2D eigenvalue weighted by molar-refractivity contribution is -0.124. The summed E-state index contributed by atoms with van der Waals surface area (Å²) >= 11 is 0. The van der Waals surface area contributed by atoms with Gasteiger partial charge in [-0.2, -0.15) is 0 Å². The van der Waals surface area contributed by atoms with Crippen LogP contribution >= 0.6 is 0 Å². The van der Waals surface area contributed by atoms with Crippen molar-refractivity contribution in [3.8, 4) is 11.5 Å². The molecule has 0 radical (unpaired) electrons. The number of carbonyl (C=O) groups excluding carboxylic acids is 1. The van der Waals surface area contributed by atoms with Gasteiger partial charge in [0, 0.05) is 12.3 Å². The molecule has 2 aromatic carbocycles. The molecule has 0 aliphatic carbocycles. The minimum atomic E-state index is -0.316. The fraction of sp³-hybridized carbons (Fsp3) is 0.278. The molecule has 114 valence electrons. The molecule has 0 saturated carbocycles. The Labute approximate surface area is 130 Å². The Morgan fingerprint density at radius 1 is 1.18 bits per heavy atom. The van der Waals surface area contributed by atoms with Crippen molar-refractivity contribution in [1.82, 2.24) is 0 Å². The van der Waals surface area contributed by atoms with Crippen molar-refractivity contribution in [3.05, 3.63) is 54.1 Å². The van der Waals surface area contributed by atoms with Gasteiger partial charge >= 0.3 is 0 Å². The van der Waals surface area contributed by atoms with Gasteiger partial charge in [0.1, 0.15) is 17.6 Å². The van der Waals surface area contributed by atoms with E-state index < -0.39 is 0 Å². The van der Waals surface area contributed by atoms with E-state index in [-0.39, 0.29) is 12.0 Å². The molecule has 1 aliphatic heterocycles. The maximum Gasteiger partial charge on any atom is 0.253 e. The highest BCUT2D eigenvalue weighted by molar-refractivity contribution is 5.94. The molecule has 0 unspecified atom stereocenters. The molecule has 4 heteroatoms. The van der Waals surface area contributed by atoms with E-state index >= 15 is 0 Å². The van der Waals surface area contributed by atoms with Gasteiger partial charge in [-0.3, -0.25) is 4.79 Å². The number of hydrogen-bond acceptors (Lipinski definition) is 3. The number of aryl methyl sites for hydroxylation is 1. The number of amides is 1. The molecule has 22 heavy (non-hydrogen) atoms. The predicted molar refractivity (Wildman–Crippen MR) is 85.3 cm³/mol. The van der Waals surface area contributed by atoms with E-state index in [2.05, 4.69) is 5.32 Å². The first kappa shape index (κ1) is 14.6. The minimum absolute atomic E-state index is 0.0788. The molecule has 1 fully saturated rings. The fourth-order valence-electron chi connectivity index (χ4n) is 2.43. The van der Waals surface area contributed by atoms with Crippen LogP contribution in [-0.2, 0) is 9.53 Å². The lowest BCUT2D eigenvalue weighted by Gasteiger charge is -2.11. The Morgan fingerprint density at radius 3 is 2.68 bits per heavy atom. The van der Waals surface area contributed by atoms with Crippen molar-refractivity contribution < 1.29 is 14.3 Å². The summed E-state index contributed by atoms with van der Waals surface area (Å²) in [5.74, 6) is 1.46. The first-order chi connectivity index (χ1) is 10.7. The van der Waals surface area contributed by atoms with Crippen LogP contribution in [0.25, 0.3) is 0 Å². The normalized spacial score (nSPS) is 17.2. The highest BCUT2D eigenvalue weighted by Gasteiger charge is 2.23. The molecule has 0 aromatic heterocycles. The van der Waals surface area contributed by atoms with Crippen LogP contribution in [0.15, 0.2) is 48.5 Å². The third kappa shape index (κ3) is 3.65. The summed E-state index contributed by atoms with van der Waals surface area (Å²) in [6, 6.07) is 15.2. The van der Waals surface area contributed by atoms with Crippen molar-refractivity contribution in [1.29, 1.82) is 0 Å². The van der Waals surface area contributed by atoms with Gasteiger partial charge in [-0.15, -0.1) is 0 Å². The molecule has 1 amide bonds. The first-order valence-electron chi connectivity index (χ1n) is 7.48. The second kappa shape index (κ2) is 6.62. The van der Waals surface area contributed by atoms with Crippen LogP contribution in [0.3, 0.4) is 0 Å². The zero-order valence-electron chi connectivity index (χ0n) is 12.5. The smallest absolute Gasteiger partial charge is 0.253 e. The molecule has 4 nitrogen and oxygen atoms in total. The molecule has 2 aromatic rings. The van der Waals surface area contributed by atoms with Crippen LogP contribution in [0.1, 0.15) is 18.4 Å². The molecule has 1 N–H and O–H groups in total. The summed E-state index contributed by atoms with van der Waals surface area (Å²) in [5, 5.41) is 2.86. The number of hydrogen-bond donors (Lipinski definition) is 1. The van der Waals surface area contributed by atoms with Gasteiger partial charge < -0.3 is 14.8 Å². The van der Waals surface area contributed by atoms with E-state index in [4.69, 9.17) is 9.47 Å². The summed E-state index contributed by atoms with van der Waals surface area (Å²) in [6.45, 7) is 2.69. The second-order valence-corrected chi connectivity index (χ2v) is 5.43. The molecule has 1 aliphatic rings. The zero-order valence-corrected chi connectivity index (χ0v) is 12.5. The van der Waals surface area contributed by atoms with E-state index in [1.54, 1.807) is 0 Å². The van der Waals surface area contributed by atoms with E-state index in [1.807, 2.05) is 55.5 Å². The summed E-state index contributed by atoms with van der Waals surface area (Å²) in [4.78, 5) is 12.0. The summed E-state index contributed by atoms with van der Waals surface area (Å²) in [7, 11) is 0. The number of benzene rings is 2. The van der Waals surface area contributed by atoms with Gasteiger partial charge in [0.25, 0.3) is 5.91 Å². The fourth-order valence-corrected chi connectivity index (χ4v) is 2.43. The van der Waals surface area contributed by atoms with Gasteiger partial charge in [0.05, 0.1) is 0 Å². The molecule has 0 spiro atoms. The highest BCUT2D eigenvalue weighted by atomic mass is 16.5. The van der Waals surface area contributed by atoms with E-state index in [0.29, 0.717) is 6.61 Å². The Morgan fingerprint density at radius 2 is 2.00 bits per heavy atom. The van der Waals surface area contributed by atoms with E-state index in [1.165, 1.54) is 0 Å². The van der Waals surface area contributed by atoms with Gasteiger partial charge in [-0.05, 0) is 61.7 Å². The minimum Gasteiger partial charge on any atom is -0.457 e. The monoisotopic (exact) mass is 297 g/mol. The molecule has 3 rings (SSSR count). The molecular weight excluding hydrogens is 278 g/mol. The predicted octanol–water partition coefficient (Wildman–Crippen LogP) is 3.90. The van der Waals surface area contributed by atoms with E-state index in [0.717, 1.165) is 35.6 Å². The quantitative estimate of drug-likeness (QED) is 0.931. The third-order valence-corrected chi connectivity index (χ3v) is 3.57. The molecule has 1 atom stereocenters. The molecule has 0 bridgehead atoms. The van der Waals surface area contributed by atoms with Crippen LogP contribution in [0.2, 0.25) is 0 Å². The Bertz CT molecular complexity index is 646. The van der Waals surface area contributed by atoms with Crippen LogP contribution in [0, 0.1) is 6.92 Å². The molecular formula is C18H19NO3. The number of ether oxygens (including phenoxy) is 2. The number of nitrogens with one attached hydrogen (secondary N) is 1. The SMILES string of the molecule is Cc1cccc(Oc2ccc(NC(=O)[C@@H]3CCCO3)cc2)c1. The van der Waals surface area contributed by atoms with Crippen LogP contribution in [0.5, 0.6) is 11.5 Å². The van der Waals surface area contributed by atoms with Crippen molar-refractivity contribution in [3.63, 3.8) is 0 Å². The topological polar surface area (TPSA) is 47.6 Å². The standard InChI is InChI=1S/C18H19NO3/c1-13-4-2-5-16(12-13)22-15-9-7-14(8-10-15)19-18(20)17-6-3-11-21-17/h2,4-5,7-10,12,17H,3,6,11H2,1H3,(H,19,20)/t17-/m0/s1. The lowest BCUT2D eigenvalue weighted by atomic mass is 10.2.